The van der Waals surface area contributed by atoms with Crippen molar-refractivity contribution in [3.05, 3.63) is 81.5 Å². The predicted molar refractivity (Wildman–Crippen MR) is 96.5 cm³/mol. The van der Waals surface area contributed by atoms with E-state index in [1.807, 2.05) is 25.3 Å². The van der Waals surface area contributed by atoms with Gasteiger partial charge in [0.1, 0.15) is 7.05 Å². The number of hydrogen-bond acceptors (Lipinski definition) is 2. The Morgan fingerprint density at radius 3 is 2.67 bits per heavy atom. The Morgan fingerprint density at radius 2 is 1.92 bits per heavy atom. The molecule has 3 rings (SSSR count). The molecule has 0 aliphatic carbocycles. The second kappa shape index (κ2) is 6.62. The molecule has 0 fully saturated rings. The highest BCUT2D eigenvalue weighted by atomic mass is 16.6. The lowest BCUT2D eigenvalue weighted by Gasteiger charge is -2.02. The smallest absolute Gasteiger partial charge is 0.258 e. The second-order valence-corrected chi connectivity index (χ2v) is 5.75. The SMILES string of the molecule is CCc1ccc2c(ccc(/C=C/c3cccc([N+](=O)[O-])c3)[n+]2C)c1. The molecule has 1 aromatic heterocycles. The number of rotatable bonds is 4. The van der Waals surface area contributed by atoms with Crippen molar-refractivity contribution in [2.75, 3.05) is 0 Å². The first kappa shape index (κ1) is 15.9. The molecule has 120 valence electrons. The Hall–Kier alpha value is -3.01. The summed E-state index contributed by atoms with van der Waals surface area (Å²) in [6, 6.07) is 17.3. The van der Waals surface area contributed by atoms with E-state index in [1.54, 1.807) is 12.1 Å². The Labute approximate surface area is 140 Å². The molecule has 0 aliphatic heterocycles. The third kappa shape index (κ3) is 3.18. The van der Waals surface area contributed by atoms with Crippen LogP contribution in [0.1, 0.15) is 23.7 Å². The van der Waals surface area contributed by atoms with E-state index in [1.165, 1.54) is 17.0 Å². The molecule has 0 spiro atoms. The van der Waals surface area contributed by atoms with Crippen molar-refractivity contribution < 1.29 is 9.49 Å². The molecule has 3 aromatic rings. The minimum absolute atomic E-state index is 0.104. The van der Waals surface area contributed by atoms with E-state index in [9.17, 15) is 10.1 Å². The Morgan fingerprint density at radius 1 is 1.08 bits per heavy atom. The van der Waals surface area contributed by atoms with Crippen LogP contribution >= 0.6 is 0 Å². The monoisotopic (exact) mass is 319 g/mol. The largest absolute Gasteiger partial charge is 0.270 e. The molecular weight excluding hydrogens is 300 g/mol. The maximum Gasteiger partial charge on any atom is 0.270 e. The number of pyridine rings is 1. The number of hydrogen-bond donors (Lipinski definition) is 0. The third-order valence-electron chi connectivity index (χ3n) is 4.21. The highest BCUT2D eigenvalue weighted by Gasteiger charge is 2.10. The zero-order valence-corrected chi connectivity index (χ0v) is 13.8. The van der Waals surface area contributed by atoms with Crippen molar-refractivity contribution in [3.8, 4) is 0 Å². The molecule has 0 aliphatic rings. The first-order valence-electron chi connectivity index (χ1n) is 7.92. The summed E-state index contributed by atoms with van der Waals surface area (Å²) >= 11 is 0. The molecule has 2 aromatic carbocycles. The number of aromatic nitrogens is 1. The number of nitro groups is 1. The van der Waals surface area contributed by atoms with Gasteiger partial charge in [0.2, 0.25) is 11.2 Å². The van der Waals surface area contributed by atoms with Gasteiger partial charge in [-0.25, -0.2) is 0 Å². The number of nitrogens with zero attached hydrogens (tertiary/aromatic N) is 2. The van der Waals surface area contributed by atoms with E-state index in [2.05, 4.69) is 41.8 Å². The van der Waals surface area contributed by atoms with E-state index >= 15 is 0 Å². The first-order chi connectivity index (χ1) is 11.6. The standard InChI is InChI=1S/C20H19N2O2/c1-3-15-8-12-20-17(13-15)9-11-18(21(20)2)10-7-16-5-4-6-19(14-16)22(23)24/h4-14H,3H2,1-2H3/q+1/b10-7+. The van der Waals surface area contributed by atoms with Crippen LogP contribution in [0.15, 0.2) is 54.6 Å². The van der Waals surface area contributed by atoms with Crippen LogP contribution in [-0.2, 0) is 13.5 Å². The van der Waals surface area contributed by atoms with Crippen molar-refractivity contribution in [1.82, 2.24) is 0 Å². The summed E-state index contributed by atoms with van der Waals surface area (Å²) in [4.78, 5) is 10.5. The minimum atomic E-state index is -0.376. The van der Waals surface area contributed by atoms with Gasteiger partial charge in [0.15, 0.2) is 0 Å². The van der Waals surface area contributed by atoms with E-state index in [0.29, 0.717) is 0 Å². The summed E-state index contributed by atoms with van der Waals surface area (Å²) in [6.07, 6.45) is 4.90. The van der Waals surface area contributed by atoms with Crippen LogP contribution in [0.2, 0.25) is 0 Å². The lowest BCUT2D eigenvalue weighted by atomic mass is 10.1. The van der Waals surface area contributed by atoms with Gasteiger partial charge in [0, 0.05) is 35.7 Å². The number of fused-ring (bicyclic) bond motifs is 1. The number of nitro benzene ring substituents is 1. The summed E-state index contributed by atoms with van der Waals surface area (Å²) in [5.41, 5.74) is 4.44. The lowest BCUT2D eigenvalue weighted by molar-refractivity contribution is -0.646. The third-order valence-corrected chi connectivity index (χ3v) is 4.21. The maximum absolute atomic E-state index is 10.9. The zero-order chi connectivity index (χ0) is 17.1. The lowest BCUT2D eigenvalue weighted by Crippen LogP contribution is -2.32. The van der Waals surface area contributed by atoms with Gasteiger partial charge in [0.25, 0.3) is 5.69 Å². The highest BCUT2D eigenvalue weighted by molar-refractivity contribution is 5.78. The summed E-state index contributed by atoms with van der Waals surface area (Å²) in [6.45, 7) is 2.15. The number of benzene rings is 2. The fourth-order valence-corrected chi connectivity index (χ4v) is 2.78. The van der Waals surface area contributed by atoms with Gasteiger partial charge in [-0.05, 0) is 35.8 Å². The van der Waals surface area contributed by atoms with Crippen molar-refractivity contribution in [3.63, 3.8) is 0 Å². The van der Waals surface area contributed by atoms with Gasteiger partial charge in [-0.1, -0.05) is 25.1 Å². The Balaban J connectivity index is 1.96. The second-order valence-electron chi connectivity index (χ2n) is 5.75. The first-order valence-corrected chi connectivity index (χ1v) is 7.92. The molecule has 0 saturated carbocycles. The fraction of sp³-hybridized carbons (Fsp3) is 0.150. The topological polar surface area (TPSA) is 47.0 Å². The van der Waals surface area contributed by atoms with Crippen molar-refractivity contribution in [2.24, 2.45) is 7.05 Å². The highest BCUT2D eigenvalue weighted by Crippen LogP contribution is 2.17. The summed E-state index contributed by atoms with van der Waals surface area (Å²) in [7, 11) is 2.03. The molecule has 24 heavy (non-hydrogen) atoms. The number of aryl methyl sites for hydroxylation is 2. The molecule has 0 unspecified atom stereocenters. The van der Waals surface area contributed by atoms with Gasteiger partial charge in [-0.3, -0.25) is 10.1 Å². The summed E-state index contributed by atoms with van der Waals surface area (Å²) < 4.78 is 2.13. The Bertz CT molecular complexity index is 946. The van der Waals surface area contributed by atoms with Crippen LogP contribution < -0.4 is 4.57 Å². The summed E-state index contributed by atoms with van der Waals surface area (Å²) in [5.74, 6) is 0. The molecule has 0 amide bonds. The molecule has 0 N–H and O–H groups in total. The molecule has 4 heteroatoms. The number of non-ortho nitro benzene ring substituents is 1. The van der Waals surface area contributed by atoms with Gasteiger partial charge < -0.3 is 0 Å². The minimum Gasteiger partial charge on any atom is -0.258 e. The molecule has 0 saturated heterocycles. The molecular formula is C20H19N2O2+. The van der Waals surface area contributed by atoms with Crippen LogP contribution in [0.3, 0.4) is 0 Å². The molecule has 0 atom stereocenters. The van der Waals surface area contributed by atoms with Crippen LogP contribution in [0.4, 0.5) is 5.69 Å². The van der Waals surface area contributed by atoms with Crippen LogP contribution in [0, 0.1) is 10.1 Å². The molecule has 1 heterocycles. The quantitative estimate of drug-likeness (QED) is 0.409. The molecule has 4 nitrogen and oxygen atoms in total. The average molecular weight is 319 g/mol. The van der Waals surface area contributed by atoms with E-state index in [-0.39, 0.29) is 10.6 Å². The van der Waals surface area contributed by atoms with Gasteiger partial charge in [0.05, 0.1) is 4.92 Å². The fourth-order valence-electron chi connectivity index (χ4n) is 2.78. The molecule has 0 bridgehead atoms. The van der Waals surface area contributed by atoms with E-state index in [0.717, 1.165) is 23.2 Å². The van der Waals surface area contributed by atoms with Crippen LogP contribution in [0.25, 0.3) is 23.1 Å². The molecule has 0 radical (unpaired) electrons. The zero-order valence-electron chi connectivity index (χ0n) is 13.8. The van der Waals surface area contributed by atoms with Crippen LogP contribution in [0.5, 0.6) is 0 Å². The normalized spacial score (nSPS) is 11.2. The van der Waals surface area contributed by atoms with E-state index in [4.69, 9.17) is 0 Å². The Kier molecular flexibility index (Phi) is 4.38. The predicted octanol–water partition coefficient (Wildman–Crippen LogP) is 4.31. The maximum atomic E-state index is 10.9. The van der Waals surface area contributed by atoms with Crippen molar-refractivity contribution in [2.45, 2.75) is 13.3 Å². The van der Waals surface area contributed by atoms with E-state index < -0.39 is 0 Å². The summed E-state index contributed by atoms with van der Waals surface area (Å²) in [5, 5.41) is 12.1. The van der Waals surface area contributed by atoms with Gasteiger partial charge in [-0.2, -0.15) is 4.57 Å². The van der Waals surface area contributed by atoms with Gasteiger partial charge in [-0.15, -0.1) is 0 Å². The van der Waals surface area contributed by atoms with Crippen molar-refractivity contribution in [1.29, 1.82) is 0 Å². The van der Waals surface area contributed by atoms with Crippen molar-refractivity contribution >= 4 is 28.7 Å². The average Bonchev–Trinajstić information content (AvgIpc) is 2.61. The van der Waals surface area contributed by atoms with Gasteiger partial charge >= 0.3 is 0 Å². The van der Waals surface area contributed by atoms with Crippen LogP contribution in [-0.4, -0.2) is 4.92 Å².